The van der Waals surface area contributed by atoms with Crippen molar-refractivity contribution >= 4 is 5.91 Å². The fourth-order valence-corrected chi connectivity index (χ4v) is 2.46. The predicted octanol–water partition coefficient (Wildman–Crippen LogP) is 1.21. The molecular weight excluding hydrogens is 312 g/mol. The standard InChI is InChI=1S/C16H20N4O4/c1-18-13(21)9-23-11-5-4-10(8-12(11)22-2)14-19-15(20-24-14)16(17)6-3-7-16/h4-5,8H,3,6-7,9,17H2,1-2H3,(H,18,21). The lowest BCUT2D eigenvalue weighted by Gasteiger charge is -2.34. The molecule has 128 valence electrons. The van der Waals surface area contributed by atoms with Crippen LogP contribution in [-0.2, 0) is 10.3 Å². The molecule has 1 aromatic carbocycles. The zero-order valence-corrected chi connectivity index (χ0v) is 13.7. The molecule has 24 heavy (non-hydrogen) atoms. The molecule has 0 atom stereocenters. The quantitative estimate of drug-likeness (QED) is 0.817. The average Bonchev–Trinajstić information content (AvgIpc) is 3.07. The lowest BCUT2D eigenvalue weighted by atomic mass is 9.77. The van der Waals surface area contributed by atoms with Crippen molar-refractivity contribution in [1.29, 1.82) is 0 Å². The van der Waals surface area contributed by atoms with Crippen LogP contribution >= 0.6 is 0 Å². The van der Waals surface area contributed by atoms with E-state index in [4.69, 9.17) is 19.7 Å². The zero-order chi connectivity index (χ0) is 17.2. The third kappa shape index (κ3) is 3.05. The van der Waals surface area contributed by atoms with Crippen LogP contribution in [0.1, 0.15) is 25.1 Å². The summed E-state index contributed by atoms with van der Waals surface area (Å²) < 4.78 is 16.1. The number of ether oxygens (including phenoxy) is 2. The van der Waals surface area contributed by atoms with Gasteiger partial charge in [-0.1, -0.05) is 5.16 Å². The number of benzene rings is 1. The summed E-state index contributed by atoms with van der Waals surface area (Å²) in [4.78, 5) is 15.7. The van der Waals surface area contributed by atoms with Crippen molar-refractivity contribution in [2.24, 2.45) is 5.73 Å². The van der Waals surface area contributed by atoms with Gasteiger partial charge in [0.1, 0.15) is 0 Å². The first-order valence-corrected chi connectivity index (χ1v) is 7.70. The van der Waals surface area contributed by atoms with Gasteiger partial charge in [-0.05, 0) is 37.5 Å². The maximum Gasteiger partial charge on any atom is 0.258 e. The molecule has 0 spiro atoms. The molecule has 0 aliphatic heterocycles. The number of amides is 1. The first kappa shape index (κ1) is 16.3. The summed E-state index contributed by atoms with van der Waals surface area (Å²) in [5, 5.41) is 6.49. The summed E-state index contributed by atoms with van der Waals surface area (Å²) in [5.41, 5.74) is 6.43. The molecule has 8 nitrogen and oxygen atoms in total. The van der Waals surface area contributed by atoms with Crippen LogP contribution in [0.5, 0.6) is 11.5 Å². The molecule has 1 fully saturated rings. The highest BCUT2D eigenvalue weighted by Gasteiger charge is 2.39. The van der Waals surface area contributed by atoms with Crippen molar-refractivity contribution in [3.8, 4) is 23.0 Å². The van der Waals surface area contributed by atoms with Crippen molar-refractivity contribution < 1.29 is 18.8 Å². The van der Waals surface area contributed by atoms with E-state index in [1.807, 2.05) is 0 Å². The number of carbonyl (C=O) groups is 1. The Morgan fingerprint density at radius 1 is 1.42 bits per heavy atom. The monoisotopic (exact) mass is 332 g/mol. The second-order valence-electron chi connectivity index (χ2n) is 5.76. The van der Waals surface area contributed by atoms with Gasteiger partial charge in [0.2, 0.25) is 0 Å². The summed E-state index contributed by atoms with van der Waals surface area (Å²) in [6.07, 6.45) is 2.80. The van der Waals surface area contributed by atoms with Gasteiger partial charge in [-0.25, -0.2) is 0 Å². The topological polar surface area (TPSA) is 112 Å². The Balaban J connectivity index is 1.80. The second-order valence-corrected chi connectivity index (χ2v) is 5.76. The molecule has 8 heteroatoms. The van der Waals surface area contributed by atoms with E-state index in [1.165, 1.54) is 7.11 Å². The Kier molecular flexibility index (Phi) is 4.39. The number of methoxy groups -OCH3 is 1. The van der Waals surface area contributed by atoms with E-state index < -0.39 is 5.54 Å². The maximum absolute atomic E-state index is 11.3. The first-order valence-electron chi connectivity index (χ1n) is 7.70. The Labute approximate surface area is 139 Å². The number of nitrogens with zero attached hydrogens (tertiary/aromatic N) is 2. The second kappa shape index (κ2) is 6.48. The summed E-state index contributed by atoms with van der Waals surface area (Å²) in [6, 6.07) is 5.19. The van der Waals surface area contributed by atoms with Gasteiger partial charge in [-0.3, -0.25) is 4.79 Å². The van der Waals surface area contributed by atoms with E-state index in [0.717, 1.165) is 19.3 Å². The third-order valence-electron chi connectivity index (χ3n) is 4.17. The largest absolute Gasteiger partial charge is 0.493 e. The molecule has 0 radical (unpaired) electrons. The van der Waals surface area contributed by atoms with Gasteiger partial charge in [-0.2, -0.15) is 4.98 Å². The first-order chi connectivity index (χ1) is 11.6. The van der Waals surface area contributed by atoms with Crippen molar-refractivity contribution in [2.45, 2.75) is 24.8 Å². The minimum atomic E-state index is -0.470. The predicted molar refractivity (Wildman–Crippen MR) is 85.6 cm³/mol. The lowest BCUT2D eigenvalue weighted by molar-refractivity contribution is -0.122. The molecular formula is C16H20N4O4. The van der Waals surface area contributed by atoms with E-state index in [2.05, 4.69) is 15.5 Å². The van der Waals surface area contributed by atoms with Crippen LogP contribution in [0.2, 0.25) is 0 Å². The number of nitrogens with one attached hydrogen (secondary N) is 1. The lowest BCUT2D eigenvalue weighted by Crippen LogP contribution is -2.44. The van der Waals surface area contributed by atoms with Gasteiger partial charge in [0.15, 0.2) is 23.9 Å². The smallest absolute Gasteiger partial charge is 0.258 e. The van der Waals surface area contributed by atoms with Crippen molar-refractivity contribution in [2.75, 3.05) is 20.8 Å². The highest BCUT2D eigenvalue weighted by molar-refractivity contribution is 5.77. The molecule has 3 rings (SSSR count). The van der Waals surface area contributed by atoms with E-state index in [0.29, 0.717) is 28.8 Å². The van der Waals surface area contributed by atoms with Crippen LogP contribution in [0.3, 0.4) is 0 Å². The Morgan fingerprint density at radius 2 is 2.21 bits per heavy atom. The van der Waals surface area contributed by atoms with Crippen LogP contribution in [-0.4, -0.2) is 36.8 Å². The fourth-order valence-electron chi connectivity index (χ4n) is 2.46. The molecule has 0 saturated heterocycles. The van der Waals surface area contributed by atoms with Gasteiger partial charge >= 0.3 is 0 Å². The molecule has 1 aliphatic rings. The summed E-state index contributed by atoms with van der Waals surface area (Å²) >= 11 is 0. The van der Waals surface area contributed by atoms with Gasteiger partial charge in [-0.15, -0.1) is 0 Å². The van der Waals surface area contributed by atoms with Crippen LogP contribution in [0.25, 0.3) is 11.5 Å². The van der Waals surface area contributed by atoms with Crippen LogP contribution in [0.4, 0.5) is 0 Å². The normalized spacial score (nSPS) is 15.5. The minimum Gasteiger partial charge on any atom is -0.493 e. The van der Waals surface area contributed by atoms with Crippen LogP contribution < -0.4 is 20.5 Å². The van der Waals surface area contributed by atoms with Crippen LogP contribution in [0.15, 0.2) is 22.7 Å². The van der Waals surface area contributed by atoms with Gasteiger partial charge in [0.25, 0.3) is 11.8 Å². The SMILES string of the molecule is CNC(=O)COc1ccc(-c2nc(C3(N)CCC3)no2)cc1OC. The fraction of sp³-hybridized carbons (Fsp3) is 0.438. The summed E-state index contributed by atoms with van der Waals surface area (Å²) in [7, 11) is 3.07. The third-order valence-corrected chi connectivity index (χ3v) is 4.17. The number of hydrogen-bond acceptors (Lipinski definition) is 7. The average molecular weight is 332 g/mol. The van der Waals surface area contributed by atoms with E-state index >= 15 is 0 Å². The molecule has 1 aliphatic carbocycles. The highest BCUT2D eigenvalue weighted by atomic mass is 16.5. The van der Waals surface area contributed by atoms with Gasteiger partial charge in [0.05, 0.1) is 12.6 Å². The maximum atomic E-state index is 11.3. The Morgan fingerprint density at radius 3 is 2.83 bits per heavy atom. The van der Waals surface area contributed by atoms with Crippen molar-refractivity contribution in [3.05, 3.63) is 24.0 Å². The summed E-state index contributed by atoms with van der Waals surface area (Å²) in [6.45, 7) is -0.0907. The molecule has 1 saturated carbocycles. The van der Waals surface area contributed by atoms with E-state index in [1.54, 1.807) is 25.2 Å². The number of carbonyl (C=O) groups excluding carboxylic acids is 1. The van der Waals surface area contributed by atoms with Crippen LogP contribution in [0, 0.1) is 0 Å². The number of rotatable bonds is 6. The highest BCUT2D eigenvalue weighted by Crippen LogP contribution is 2.38. The number of aromatic nitrogens is 2. The van der Waals surface area contributed by atoms with E-state index in [-0.39, 0.29) is 12.5 Å². The van der Waals surface area contributed by atoms with Gasteiger partial charge in [0, 0.05) is 12.6 Å². The zero-order valence-electron chi connectivity index (χ0n) is 13.7. The number of likely N-dealkylation sites (N-methyl/N-ethyl adjacent to an activating group) is 1. The molecule has 1 heterocycles. The molecule has 1 aromatic heterocycles. The molecule has 3 N–H and O–H groups in total. The van der Waals surface area contributed by atoms with E-state index in [9.17, 15) is 4.79 Å². The Hall–Kier alpha value is -2.61. The minimum absolute atomic E-state index is 0.0907. The molecule has 0 bridgehead atoms. The Bertz CT molecular complexity index is 739. The molecule has 0 unspecified atom stereocenters. The molecule has 2 aromatic rings. The number of nitrogens with two attached hydrogens (primary N) is 1. The van der Waals surface area contributed by atoms with Crippen molar-refractivity contribution in [3.63, 3.8) is 0 Å². The summed E-state index contributed by atoms with van der Waals surface area (Å²) in [5.74, 6) is 1.61. The molecule has 1 amide bonds. The number of hydrogen-bond donors (Lipinski definition) is 2. The van der Waals surface area contributed by atoms with Gasteiger partial charge < -0.3 is 25.0 Å². The van der Waals surface area contributed by atoms with Crippen molar-refractivity contribution in [1.82, 2.24) is 15.5 Å².